The number of allylic oxidation sites excluding steroid dienone is 1. The second-order valence-corrected chi connectivity index (χ2v) is 4.81. The Labute approximate surface area is 121 Å². The topological polar surface area (TPSA) is 43.1 Å². The van der Waals surface area contributed by atoms with E-state index in [9.17, 15) is 4.79 Å². The average Bonchev–Trinajstić information content (AvgIpc) is 2.40. The molecule has 2 rings (SSSR count). The van der Waals surface area contributed by atoms with Gasteiger partial charge < -0.3 is 5.73 Å². The first-order valence-electron chi connectivity index (χ1n) is 5.59. The molecule has 0 heterocycles. The summed E-state index contributed by atoms with van der Waals surface area (Å²) >= 11 is 11.7. The van der Waals surface area contributed by atoms with Crippen molar-refractivity contribution in [2.24, 2.45) is 0 Å². The maximum absolute atomic E-state index is 11.9. The summed E-state index contributed by atoms with van der Waals surface area (Å²) in [7, 11) is 0. The third kappa shape index (κ3) is 3.60. The fourth-order valence-corrected chi connectivity index (χ4v) is 1.88. The van der Waals surface area contributed by atoms with E-state index < -0.39 is 0 Å². The van der Waals surface area contributed by atoms with Gasteiger partial charge in [0.1, 0.15) is 0 Å². The van der Waals surface area contributed by atoms with Crippen molar-refractivity contribution in [2.45, 2.75) is 0 Å². The number of ketones is 1. The minimum absolute atomic E-state index is 0.113. The van der Waals surface area contributed by atoms with E-state index in [1.165, 1.54) is 6.08 Å². The Hall–Kier alpha value is -1.77. The molecule has 0 atom stereocenters. The molecule has 2 aromatic rings. The number of carbonyl (C=O) groups is 1. The molecule has 0 fully saturated rings. The zero-order valence-corrected chi connectivity index (χ0v) is 11.4. The molecule has 0 aliphatic carbocycles. The first kappa shape index (κ1) is 13.7. The first-order chi connectivity index (χ1) is 9.06. The summed E-state index contributed by atoms with van der Waals surface area (Å²) in [5.74, 6) is -0.113. The van der Waals surface area contributed by atoms with Gasteiger partial charge in [0.25, 0.3) is 0 Å². The molecule has 0 bridgehead atoms. The molecule has 0 saturated carbocycles. The Morgan fingerprint density at radius 3 is 2.53 bits per heavy atom. The van der Waals surface area contributed by atoms with Gasteiger partial charge in [-0.25, -0.2) is 0 Å². The largest absolute Gasteiger partial charge is 0.399 e. The van der Waals surface area contributed by atoms with E-state index in [1.807, 2.05) is 0 Å². The van der Waals surface area contributed by atoms with E-state index in [-0.39, 0.29) is 5.78 Å². The zero-order chi connectivity index (χ0) is 13.8. The maximum atomic E-state index is 11.9. The Bertz CT molecular complexity index is 650. The lowest BCUT2D eigenvalue weighted by Crippen LogP contribution is -1.95. The van der Waals surface area contributed by atoms with Crippen molar-refractivity contribution in [3.05, 3.63) is 69.7 Å². The molecule has 2 N–H and O–H groups in total. The SMILES string of the molecule is Nc1cccc(C(=O)/C=C/c2ccc(Cl)c(Cl)c2)c1. The van der Waals surface area contributed by atoms with Crippen LogP contribution >= 0.6 is 23.2 Å². The molecule has 2 nitrogen and oxygen atoms in total. The minimum Gasteiger partial charge on any atom is -0.399 e. The molecule has 96 valence electrons. The number of rotatable bonds is 3. The molecule has 0 amide bonds. The number of hydrogen-bond donors (Lipinski definition) is 1. The predicted octanol–water partition coefficient (Wildman–Crippen LogP) is 4.47. The minimum atomic E-state index is -0.113. The summed E-state index contributed by atoms with van der Waals surface area (Å²) in [6.07, 6.45) is 3.17. The van der Waals surface area contributed by atoms with Gasteiger partial charge >= 0.3 is 0 Å². The highest BCUT2D eigenvalue weighted by Crippen LogP contribution is 2.23. The smallest absolute Gasteiger partial charge is 0.185 e. The van der Waals surface area contributed by atoms with Crippen LogP contribution in [-0.2, 0) is 0 Å². The van der Waals surface area contributed by atoms with Crippen molar-refractivity contribution < 1.29 is 4.79 Å². The summed E-state index contributed by atoms with van der Waals surface area (Å²) in [4.78, 5) is 11.9. The lowest BCUT2D eigenvalue weighted by Gasteiger charge is -1.99. The van der Waals surface area contributed by atoms with Crippen LogP contribution in [0, 0.1) is 0 Å². The number of benzene rings is 2. The molecule has 0 aliphatic rings. The molecule has 4 heteroatoms. The van der Waals surface area contributed by atoms with Gasteiger partial charge in [0.15, 0.2) is 5.78 Å². The fraction of sp³-hybridized carbons (Fsp3) is 0. The van der Waals surface area contributed by atoms with Gasteiger partial charge in [-0.05, 0) is 35.9 Å². The van der Waals surface area contributed by atoms with Crippen molar-refractivity contribution in [3.8, 4) is 0 Å². The second kappa shape index (κ2) is 5.91. The molecule has 0 saturated heterocycles. The van der Waals surface area contributed by atoms with E-state index in [0.29, 0.717) is 21.3 Å². The number of halogens is 2. The molecule has 19 heavy (non-hydrogen) atoms. The third-order valence-electron chi connectivity index (χ3n) is 2.54. The van der Waals surface area contributed by atoms with Crippen molar-refractivity contribution in [2.75, 3.05) is 5.73 Å². The highest BCUT2D eigenvalue weighted by atomic mass is 35.5. The number of nitrogens with two attached hydrogens (primary N) is 1. The van der Waals surface area contributed by atoms with E-state index in [4.69, 9.17) is 28.9 Å². The van der Waals surface area contributed by atoms with Crippen LogP contribution in [0.3, 0.4) is 0 Å². The van der Waals surface area contributed by atoms with Gasteiger partial charge in [0, 0.05) is 11.3 Å². The molecule has 0 radical (unpaired) electrons. The van der Waals surface area contributed by atoms with E-state index >= 15 is 0 Å². The Morgan fingerprint density at radius 1 is 1.05 bits per heavy atom. The van der Waals surface area contributed by atoms with Crippen molar-refractivity contribution in [3.63, 3.8) is 0 Å². The molecule has 2 aromatic carbocycles. The number of anilines is 1. The first-order valence-corrected chi connectivity index (χ1v) is 6.35. The van der Waals surface area contributed by atoms with Crippen LogP contribution in [0.15, 0.2) is 48.5 Å². The van der Waals surface area contributed by atoms with E-state index in [0.717, 1.165) is 5.56 Å². The number of nitrogen functional groups attached to an aromatic ring is 1. The quantitative estimate of drug-likeness (QED) is 0.515. The highest BCUT2D eigenvalue weighted by molar-refractivity contribution is 6.42. The maximum Gasteiger partial charge on any atom is 0.185 e. The van der Waals surface area contributed by atoms with Crippen LogP contribution in [0.5, 0.6) is 0 Å². The highest BCUT2D eigenvalue weighted by Gasteiger charge is 2.02. The second-order valence-electron chi connectivity index (χ2n) is 4.00. The summed E-state index contributed by atoms with van der Waals surface area (Å²) in [5, 5.41) is 0.946. The number of carbonyl (C=O) groups excluding carboxylic acids is 1. The summed E-state index contributed by atoms with van der Waals surface area (Å²) < 4.78 is 0. The fourth-order valence-electron chi connectivity index (χ4n) is 1.58. The summed E-state index contributed by atoms with van der Waals surface area (Å²) in [6, 6.07) is 12.0. The molecule has 0 aliphatic heterocycles. The van der Waals surface area contributed by atoms with Gasteiger partial charge in [-0.1, -0.05) is 47.5 Å². The van der Waals surface area contributed by atoms with Crippen LogP contribution in [0.2, 0.25) is 10.0 Å². The average molecular weight is 292 g/mol. The van der Waals surface area contributed by atoms with Crippen molar-refractivity contribution in [1.82, 2.24) is 0 Å². The van der Waals surface area contributed by atoms with E-state index in [1.54, 1.807) is 48.5 Å². The Morgan fingerprint density at radius 2 is 1.84 bits per heavy atom. The lowest BCUT2D eigenvalue weighted by molar-refractivity contribution is 0.104. The number of hydrogen-bond acceptors (Lipinski definition) is 2. The van der Waals surface area contributed by atoms with Gasteiger partial charge in [0.05, 0.1) is 10.0 Å². The van der Waals surface area contributed by atoms with Crippen LogP contribution in [0.4, 0.5) is 5.69 Å². The predicted molar refractivity (Wildman–Crippen MR) is 80.7 cm³/mol. The molecular formula is C15H11Cl2NO. The Kier molecular flexibility index (Phi) is 4.25. The standard InChI is InChI=1S/C15H11Cl2NO/c16-13-6-4-10(8-14(13)17)5-7-15(19)11-2-1-3-12(18)9-11/h1-9H,18H2/b7-5+. The lowest BCUT2D eigenvalue weighted by atomic mass is 10.1. The van der Waals surface area contributed by atoms with Gasteiger partial charge in [0.2, 0.25) is 0 Å². The normalized spacial score (nSPS) is 10.8. The molecule has 0 unspecified atom stereocenters. The monoisotopic (exact) mass is 291 g/mol. The molecular weight excluding hydrogens is 281 g/mol. The van der Waals surface area contributed by atoms with Crippen LogP contribution in [0.1, 0.15) is 15.9 Å². The van der Waals surface area contributed by atoms with Crippen LogP contribution in [-0.4, -0.2) is 5.78 Å². The molecule has 0 aromatic heterocycles. The van der Waals surface area contributed by atoms with E-state index in [2.05, 4.69) is 0 Å². The van der Waals surface area contributed by atoms with Gasteiger partial charge in [-0.3, -0.25) is 4.79 Å². The van der Waals surface area contributed by atoms with Crippen molar-refractivity contribution >= 4 is 40.7 Å². The Balaban J connectivity index is 2.18. The van der Waals surface area contributed by atoms with Crippen LogP contribution < -0.4 is 5.73 Å². The van der Waals surface area contributed by atoms with Crippen LogP contribution in [0.25, 0.3) is 6.08 Å². The summed E-state index contributed by atoms with van der Waals surface area (Å²) in [6.45, 7) is 0. The summed E-state index contributed by atoms with van der Waals surface area (Å²) in [5.41, 5.74) is 7.56. The molecule has 0 spiro atoms. The third-order valence-corrected chi connectivity index (χ3v) is 3.28. The van der Waals surface area contributed by atoms with Gasteiger partial charge in [-0.2, -0.15) is 0 Å². The van der Waals surface area contributed by atoms with Crippen molar-refractivity contribution in [1.29, 1.82) is 0 Å². The van der Waals surface area contributed by atoms with Gasteiger partial charge in [-0.15, -0.1) is 0 Å². The zero-order valence-electron chi connectivity index (χ0n) is 9.94.